The van der Waals surface area contributed by atoms with E-state index in [9.17, 15) is 13.2 Å². The normalized spacial score (nSPS) is 17.7. The van der Waals surface area contributed by atoms with Crippen molar-refractivity contribution in [2.45, 2.75) is 23.6 Å². The molecule has 1 aromatic rings. The van der Waals surface area contributed by atoms with Gasteiger partial charge in [0.25, 0.3) is 0 Å². The zero-order valence-corrected chi connectivity index (χ0v) is 14.6. The number of hydrogen-bond donors (Lipinski definition) is 1. The van der Waals surface area contributed by atoms with Gasteiger partial charge in [-0.3, -0.25) is 4.79 Å². The molecule has 6 nitrogen and oxygen atoms in total. The number of morpholine rings is 1. The van der Waals surface area contributed by atoms with Gasteiger partial charge >= 0.3 is 0 Å². The van der Waals surface area contributed by atoms with Crippen LogP contribution in [0, 0.1) is 0 Å². The van der Waals surface area contributed by atoms with Crippen LogP contribution in [-0.2, 0) is 26.0 Å². The van der Waals surface area contributed by atoms with Crippen molar-refractivity contribution in [1.29, 1.82) is 0 Å². The summed E-state index contributed by atoms with van der Waals surface area (Å²) in [5, 5.41) is 2.16. The maximum absolute atomic E-state index is 12.5. The van der Waals surface area contributed by atoms with Crippen molar-refractivity contribution in [2.75, 3.05) is 32.8 Å². The molecule has 128 valence electrons. The maximum Gasteiger partial charge on any atom is 0.243 e. The molecule has 1 N–H and O–H groups in total. The van der Waals surface area contributed by atoms with Crippen LogP contribution in [0.25, 0.3) is 0 Å². The topological polar surface area (TPSA) is 75.7 Å². The maximum atomic E-state index is 12.5. The minimum absolute atomic E-state index is 0.210. The fraction of sp³-hybridized carbons (Fsp3) is 0.533. The summed E-state index contributed by atoms with van der Waals surface area (Å²) >= 11 is 5.66. The summed E-state index contributed by atoms with van der Waals surface area (Å²) in [6, 6.07) is 6.74. The molecule has 1 heterocycles. The van der Waals surface area contributed by atoms with Crippen LogP contribution in [0.1, 0.15) is 12.5 Å². The Balaban J connectivity index is 1.95. The van der Waals surface area contributed by atoms with E-state index in [1.54, 1.807) is 31.2 Å². The van der Waals surface area contributed by atoms with Crippen molar-refractivity contribution in [3.8, 4) is 0 Å². The van der Waals surface area contributed by atoms with Gasteiger partial charge in [0.2, 0.25) is 15.9 Å². The van der Waals surface area contributed by atoms with Gasteiger partial charge in [0.15, 0.2) is 0 Å². The van der Waals surface area contributed by atoms with E-state index >= 15 is 0 Å². The molecule has 0 bridgehead atoms. The molecule has 8 heteroatoms. The quantitative estimate of drug-likeness (QED) is 0.768. The Morgan fingerprint density at radius 1 is 1.30 bits per heavy atom. The highest BCUT2D eigenvalue weighted by atomic mass is 35.5. The number of hydrogen-bond acceptors (Lipinski definition) is 4. The second kappa shape index (κ2) is 8.10. The number of ether oxygens (including phenoxy) is 1. The van der Waals surface area contributed by atoms with Crippen LogP contribution >= 0.6 is 11.6 Å². The van der Waals surface area contributed by atoms with Crippen LogP contribution in [0.5, 0.6) is 0 Å². The molecule has 1 atom stereocenters. The van der Waals surface area contributed by atoms with Crippen molar-refractivity contribution in [2.24, 2.45) is 0 Å². The zero-order chi connectivity index (χ0) is 16.9. The lowest BCUT2D eigenvalue weighted by Gasteiger charge is -2.26. The highest BCUT2D eigenvalue weighted by Gasteiger charge is 2.25. The largest absolute Gasteiger partial charge is 0.379 e. The van der Waals surface area contributed by atoms with Gasteiger partial charge in [-0.2, -0.15) is 4.31 Å². The van der Waals surface area contributed by atoms with Crippen LogP contribution < -0.4 is 5.32 Å². The van der Waals surface area contributed by atoms with Gasteiger partial charge in [0, 0.05) is 19.6 Å². The van der Waals surface area contributed by atoms with Gasteiger partial charge in [-0.1, -0.05) is 12.1 Å². The number of nitrogens with one attached hydrogen (secondary N) is 1. The molecule has 1 saturated heterocycles. The summed E-state index contributed by atoms with van der Waals surface area (Å²) in [4.78, 5) is 11.6. The van der Waals surface area contributed by atoms with Gasteiger partial charge in [-0.05, 0) is 31.0 Å². The third-order valence-electron chi connectivity index (χ3n) is 3.61. The zero-order valence-electron chi connectivity index (χ0n) is 13.0. The predicted octanol–water partition coefficient (Wildman–Crippen LogP) is 0.993. The number of carbonyl (C=O) groups is 1. The van der Waals surface area contributed by atoms with Crippen molar-refractivity contribution >= 4 is 27.5 Å². The van der Waals surface area contributed by atoms with Crippen LogP contribution in [-0.4, -0.2) is 56.9 Å². The fourth-order valence-corrected chi connectivity index (χ4v) is 3.72. The molecular formula is C15H21ClN2O4S. The van der Waals surface area contributed by atoms with E-state index in [2.05, 4.69) is 5.32 Å². The smallest absolute Gasteiger partial charge is 0.243 e. The Morgan fingerprint density at radius 3 is 2.48 bits per heavy atom. The Bertz CT molecular complexity index is 625. The third-order valence-corrected chi connectivity index (χ3v) is 5.72. The van der Waals surface area contributed by atoms with Crippen LogP contribution in [0.15, 0.2) is 29.2 Å². The summed E-state index contributed by atoms with van der Waals surface area (Å²) in [6.45, 7) is 3.69. The van der Waals surface area contributed by atoms with E-state index in [1.165, 1.54) is 4.31 Å². The summed E-state index contributed by atoms with van der Waals surface area (Å²) in [5.74, 6) is -0.210. The minimum atomic E-state index is -3.46. The average molecular weight is 361 g/mol. The van der Waals surface area contributed by atoms with Gasteiger partial charge < -0.3 is 10.1 Å². The first-order valence-corrected chi connectivity index (χ1v) is 9.37. The molecule has 0 aliphatic carbocycles. The molecule has 23 heavy (non-hydrogen) atoms. The Morgan fingerprint density at radius 2 is 1.91 bits per heavy atom. The first-order chi connectivity index (χ1) is 10.9. The second-order valence-corrected chi connectivity index (χ2v) is 7.91. The van der Waals surface area contributed by atoms with E-state index < -0.39 is 15.4 Å². The van der Waals surface area contributed by atoms with Crippen molar-refractivity contribution < 1.29 is 17.9 Å². The highest BCUT2D eigenvalue weighted by molar-refractivity contribution is 7.89. The summed E-state index contributed by atoms with van der Waals surface area (Å²) in [6.07, 6.45) is 0.618. The van der Waals surface area contributed by atoms with Crippen LogP contribution in [0.2, 0.25) is 0 Å². The molecule has 0 spiro atoms. The first kappa shape index (κ1) is 18.2. The van der Waals surface area contributed by atoms with Gasteiger partial charge in [-0.25, -0.2) is 8.42 Å². The minimum Gasteiger partial charge on any atom is -0.379 e. The van der Waals surface area contributed by atoms with E-state index in [0.29, 0.717) is 39.3 Å². The van der Waals surface area contributed by atoms with Crippen molar-refractivity contribution in [3.05, 3.63) is 29.8 Å². The molecule has 0 radical (unpaired) electrons. The molecule has 1 fully saturated rings. The number of halogens is 1. The summed E-state index contributed by atoms with van der Waals surface area (Å²) < 4.78 is 31.6. The Labute approximate surface area is 141 Å². The fourth-order valence-electron chi connectivity index (χ4n) is 2.23. The van der Waals surface area contributed by atoms with Crippen molar-refractivity contribution in [3.63, 3.8) is 0 Å². The lowest BCUT2D eigenvalue weighted by molar-refractivity contribution is -0.120. The number of benzene rings is 1. The average Bonchev–Trinajstić information content (AvgIpc) is 2.56. The molecule has 1 aliphatic rings. The number of nitrogens with zero attached hydrogens (tertiary/aromatic N) is 1. The van der Waals surface area contributed by atoms with E-state index in [4.69, 9.17) is 16.3 Å². The number of amides is 1. The third kappa shape index (κ3) is 4.91. The molecule has 0 aromatic heterocycles. The SMILES string of the molecule is CC(Cl)C(=O)NCCc1ccc(S(=O)(=O)N2CCOCC2)cc1. The van der Waals surface area contributed by atoms with E-state index in [1.807, 2.05) is 0 Å². The number of rotatable bonds is 6. The lowest BCUT2D eigenvalue weighted by Crippen LogP contribution is -2.40. The first-order valence-electron chi connectivity index (χ1n) is 7.50. The van der Waals surface area contributed by atoms with Gasteiger partial charge in [0.1, 0.15) is 5.38 Å². The van der Waals surface area contributed by atoms with Gasteiger partial charge in [-0.15, -0.1) is 11.6 Å². The highest BCUT2D eigenvalue weighted by Crippen LogP contribution is 2.17. The molecule has 2 rings (SSSR count). The standard InChI is InChI=1S/C15H21ClN2O4S/c1-12(16)15(19)17-7-6-13-2-4-14(5-3-13)23(20,21)18-8-10-22-11-9-18/h2-5,12H,6-11H2,1H3,(H,17,19). The van der Waals surface area contributed by atoms with E-state index in [0.717, 1.165) is 5.56 Å². The molecule has 0 saturated carbocycles. The van der Waals surface area contributed by atoms with Crippen LogP contribution in [0.4, 0.5) is 0 Å². The van der Waals surface area contributed by atoms with Crippen LogP contribution in [0.3, 0.4) is 0 Å². The second-order valence-electron chi connectivity index (χ2n) is 5.32. The number of sulfonamides is 1. The molecule has 1 aliphatic heterocycles. The summed E-state index contributed by atoms with van der Waals surface area (Å²) in [7, 11) is -3.46. The number of alkyl halides is 1. The molecule has 1 aromatic carbocycles. The lowest BCUT2D eigenvalue weighted by atomic mass is 10.1. The molecular weight excluding hydrogens is 340 g/mol. The predicted molar refractivity (Wildman–Crippen MR) is 88.0 cm³/mol. The Hall–Kier alpha value is -1.15. The van der Waals surface area contributed by atoms with Gasteiger partial charge in [0.05, 0.1) is 18.1 Å². The molecule has 1 amide bonds. The summed E-state index contributed by atoms with van der Waals surface area (Å²) in [5.41, 5.74) is 0.952. The van der Waals surface area contributed by atoms with Crippen molar-refractivity contribution in [1.82, 2.24) is 9.62 Å². The number of carbonyl (C=O) groups excluding carboxylic acids is 1. The Kier molecular flexibility index (Phi) is 6.41. The van der Waals surface area contributed by atoms with E-state index in [-0.39, 0.29) is 10.8 Å². The molecule has 1 unspecified atom stereocenters. The monoisotopic (exact) mass is 360 g/mol.